The topological polar surface area (TPSA) is 76.4 Å². The lowest BCUT2D eigenvalue weighted by atomic mass is 10.1. The summed E-state index contributed by atoms with van der Waals surface area (Å²) in [6, 6.07) is 0.878. The molecular formula is C19H23F3N6O2. The molecule has 4 heterocycles. The monoisotopic (exact) mass is 424 g/mol. The fraction of sp³-hybridized carbons (Fsp3) is 0.579. The number of likely N-dealkylation sites (tertiary alicyclic amines) is 1. The fourth-order valence-corrected chi connectivity index (χ4v) is 3.15. The summed E-state index contributed by atoms with van der Waals surface area (Å²) in [5.74, 6) is 0.0820. The van der Waals surface area contributed by atoms with Crippen LogP contribution in [-0.4, -0.2) is 62.5 Å². The fourth-order valence-electron chi connectivity index (χ4n) is 3.15. The average molecular weight is 424 g/mol. The standard InChI is InChI=1S/C19H23F3N6O2/c1-18(2,3)30-17(29)27-10-13(11-27)28-9-12(8-23-28)14-7-15(19(20,21)22)25-16(24-14)26-5-4-6-26/h7-9,13H,4-6,10-11H2,1-3H3. The number of ether oxygens (including phenoxy) is 1. The second-order valence-corrected chi connectivity index (χ2v) is 8.52. The van der Waals surface area contributed by atoms with Crippen molar-refractivity contribution in [2.24, 2.45) is 0 Å². The van der Waals surface area contributed by atoms with Gasteiger partial charge in [0.05, 0.1) is 17.9 Å². The molecule has 30 heavy (non-hydrogen) atoms. The minimum Gasteiger partial charge on any atom is -0.444 e. The summed E-state index contributed by atoms with van der Waals surface area (Å²) in [6.45, 7) is 7.53. The molecule has 11 heteroatoms. The summed E-state index contributed by atoms with van der Waals surface area (Å²) in [5, 5.41) is 4.27. The number of carbonyl (C=O) groups excluding carboxylic acids is 1. The molecule has 2 aliphatic heterocycles. The van der Waals surface area contributed by atoms with E-state index in [1.807, 2.05) is 0 Å². The van der Waals surface area contributed by atoms with Crippen LogP contribution in [0.4, 0.5) is 23.9 Å². The van der Waals surface area contributed by atoms with Gasteiger partial charge in [-0.2, -0.15) is 18.3 Å². The van der Waals surface area contributed by atoms with Gasteiger partial charge < -0.3 is 14.5 Å². The zero-order valence-electron chi connectivity index (χ0n) is 17.0. The van der Waals surface area contributed by atoms with Gasteiger partial charge >= 0.3 is 12.3 Å². The second-order valence-electron chi connectivity index (χ2n) is 8.52. The van der Waals surface area contributed by atoms with Crippen LogP contribution in [-0.2, 0) is 10.9 Å². The molecular weight excluding hydrogens is 401 g/mol. The maximum Gasteiger partial charge on any atom is 0.433 e. The number of anilines is 1. The minimum absolute atomic E-state index is 0.0648. The van der Waals surface area contributed by atoms with E-state index in [2.05, 4.69) is 15.1 Å². The Bertz CT molecular complexity index is 942. The van der Waals surface area contributed by atoms with Gasteiger partial charge in [-0.05, 0) is 33.3 Å². The number of halogens is 3. The highest BCUT2D eigenvalue weighted by Gasteiger charge is 2.37. The highest BCUT2D eigenvalue weighted by atomic mass is 19.4. The van der Waals surface area contributed by atoms with E-state index >= 15 is 0 Å². The normalized spacial score (nSPS) is 17.5. The highest BCUT2D eigenvalue weighted by molar-refractivity contribution is 5.69. The molecule has 2 aromatic rings. The number of carbonyl (C=O) groups is 1. The van der Waals surface area contributed by atoms with Crippen molar-refractivity contribution in [3.8, 4) is 11.3 Å². The predicted molar refractivity (Wildman–Crippen MR) is 102 cm³/mol. The Morgan fingerprint density at radius 3 is 2.43 bits per heavy atom. The van der Waals surface area contributed by atoms with E-state index in [1.165, 1.54) is 6.20 Å². The smallest absolute Gasteiger partial charge is 0.433 e. The Balaban J connectivity index is 1.50. The molecule has 0 atom stereocenters. The van der Waals surface area contributed by atoms with Crippen molar-refractivity contribution in [1.82, 2.24) is 24.6 Å². The van der Waals surface area contributed by atoms with E-state index in [9.17, 15) is 18.0 Å². The van der Waals surface area contributed by atoms with Crippen LogP contribution in [0, 0.1) is 0 Å². The van der Waals surface area contributed by atoms with Crippen LogP contribution in [0.1, 0.15) is 38.9 Å². The molecule has 2 fully saturated rings. The Morgan fingerprint density at radius 1 is 1.17 bits per heavy atom. The van der Waals surface area contributed by atoms with Gasteiger partial charge in [-0.15, -0.1) is 0 Å². The third-order valence-electron chi connectivity index (χ3n) is 4.93. The van der Waals surface area contributed by atoms with Crippen LogP contribution in [0.15, 0.2) is 18.5 Å². The lowest BCUT2D eigenvalue weighted by Gasteiger charge is -2.39. The number of hydrogen-bond donors (Lipinski definition) is 0. The number of rotatable bonds is 3. The zero-order valence-corrected chi connectivity index (χ0v) is 17.0. The molecule has 8 nitrogen and oxygen atoms in total. The molecule has 2 saturated heterocycles. The molecule has 0 aromatic carbocycles. The predicted octanol–water partition coefficient (Wildman–Crippen LogP) is 3.36. The van der Waals surface area contributed by atoms with Gasteiger partial charge in [-0.3, -0.25) is 4.68 Å². The Hall–Kier alpha value is -2.85. The number of amides is 1. The molecule has 1 amide bonds. The Morgan fingerprint density at radius 2 is 1.87 bits per heavy atom. The summed E-state index contributed by atoms with van der Waals surface area (Å²) in [5.41, 5.74) is -0.894. The molecule has 0 N–H and O–H groups in total. The third kappa shape index (κ3) is 4.19. The average Bonchev–Trinajstić information content (AvgIpc) is 2.98. The summed E-state index contributed by atoms with van der Waals surface area (Å²) in [4.78, 5) is 23.3. The van der Waals surface area contributed by atoms with Crippen molar-refractivity contribution in [3.63, 3.8) is 0 Å². The molecule has 0 radical (unpaired) electrons. The van der Waals surface area contributed by atoms with Crippen LogP contribution in [0.25, 0.3) is 11.3 Å². The largest absolute Gasteiger partial charge is 0.444 e. The van der Waals surface area contributed by atoms with Crippen LogP contribution in [0.3, 0.4) is 0 Å². The van der Waals surface area contributed by atoms with Crippen molar-refractivity contribution in [3.05, 3.63) is 24.2 Å². The molecule has 0 aliphatic carbocycles. The second kappa shape index (κ2) is 7.13. The maximum absolute atomic E-state index is 13.3. The van der Waals surface area contributed by atoms with Crippen LogP contribution >= 0.6 is 0 Å². The van der Waals surface area contributed by atoms with Crippen molar-refractivity contribution >= 4 is 12.0 Å². The van der Waals surface area contributed by atoms with Crippen molar-refractivity contribution < 1.29 is 22.7 Å². The van der Waals surface area contributed by atoms with Crippen LogP contribution < -0.4 is 4.90 Å². The van der Waals surface area contributed by atoms with E-state index in [-0.39, 0.29) is 17.7 Å². The van der Waals surface area contributed by atoms with E-state index in [1.54, 1.807) is 41.4 Å². The minimum atomic E-state index is -4.56. The molecule has 0 spiro atoms. The van der Waals surface area contributed by atoms with E-state index < -0.39 is 23.6 Å². The first-order valence-electron chi connectivity index (χ1n) is 9.73. The highest BCUT2D eigenvalue weighted by Crippen LogP contribution is 2.33. The first-order valence-corrected chi connectivity index (χ1v) is 9.73. The molecule has 0 saturated carbocycles. The van der Waals surface area contributed by atoms with Gasteiger partial charge in [0.1, 0.15) is 5.60 Å². The SMILES string of the molecule is CC(C)(C)OC(=O)N1CC(n2cc(-c3cc(C(F)(F)F)nc(N4CCC4)n3)cn2)C1. The van der Waals surface area contributed by atoms with Crippen LogP contribution in [0.5, 0.6) is 0 Å². The summed E-state index contributed by atoms with van der Waals surface area (Å²) in [6.07, 6.45) is -0.911. The molecule has 0 bridgehead atoms. The van der Waals surface area contributed by atoms with Crippen molar-refractivity contribution in [1.29, 1.82) is 0 Å². The maximum atomic E-state index is 13.3. The number of alkyl halides is 3. The van der Waals surface area contributed by atoms with Gasteiger partial charge in [0, 0.05) is 37.9 Å². The van der Waals surface area contributed by atoms with E-state index in [0.29, 0.717) is 31.7 Å². The third-order valence-corrected chi connectivity index (χ3v) is 4.93. The van der Waals surface area contributed by atoms with Gasteiger partial charge in [-0.25, -0.2) is 14.8 Å². The summed E-state index contributed by atoms with van der Waals surface area (Å²) < 4.78 is 46.9. The van der Waals surface area contributed by atoms with Gasteiger partial charge in [0.15, 0.2) is 5.69 Å². The molecule has 2 aromatic heterocycles. The van der Waals surface area contributed by atoms with Crippen molar-refractivity contribution in [2.45, 2.75) is 45.0 Å². The first kappa shape index (κ1) is 20.4. The molecule has 4 rings (SSSR count). The lowest BCUT2D eigenvalue weighted by Crippen LogP contribution is -2.52. The zero-order chi connectivity index (χ0) is 21.7. The Labute approximate surface area is 171 Å². The van der Waals surface area contributed by atoms with E-state index in [4.69, 9.17) is 4.74 Å². The quantitative estimate of drug-likeness (QED) is 0.752. The molecule has 162 valence electrons. The van der Waals surface area contributed by atoms with Gasteiger partial charge in [0.25, 0.3) is 0 Å². The lowest BCUT2D eigenvalue weighted by molar-refractivity contribution is -0.141. The number of nitrogens with zero attached hydrogens (tertiary/aromatic N) is 6. The first-order chi connectivity index (χ1) is 14.0. The molecule has 0 unspecified atom stereocenters. The van der Waals surface area contributed by atoms with Gasteiger partial charge in [-0.1, -0.05) is 0 Å². The summed E-state index contributed by atoms with van der Waals surface area (Å²) >= 11 is 0. The van der Waals surface area contributed by atoms with Crippen molar-refractivity contribution in [2.75, 3.05) is 31.1 Å². The number of aromatic nitrogens is 4. The van der Waals surface area contributed by atoms with E-state index in [0.717, 1.165) is 12.5 Å². The summed E-state index contributed by atoms with van der Waals surface area (Å²) in [7, 11) is 0. The number of hydrogen-bond acceptors (Lipinski definition) is 6. The van der Waals surface area contributed by atoms with Crippen LogP contribution in [0.2, 0.25) is 0 Å². The molecule has 2 aliphatic rings. The van der Waals surface area contributed by atoms with Gasteiger partial charge in [0.2, 0.25) is 5.95 Å². The Kier molecular flexibility index (Phi) is 4.86.